The van der Waals surface area contributed by atoms with Gasteiger partial charge in [0.15, 0.2) is 5.78 Å². The molecule has 2 nitrogen and oxygen atoms in total. The van der Waals surface area contributed by atoms with Gasteiger partial charge in [0.2, 0.25) is 0 Å². The number of carbonyl (C=O) groups is 1. The number of hydrogen-bond donors (Lipinski definition) is 0. The molecule has 6 saturated carbocycles. The van der Waals surface area contributed by atoms with Crippen LogP contribution in [0.5, 0.6) is 0 Å². The molecular formula is C29H48O2. The monoisotopic (exact) mass is 428 g/mol. The van der Waals surface area contributed by atoms with Crippen LogP contribution in [-0.2, 0) is 9.53 Å². The van der Waals surface area contributed by atoms with E-state index >= 15 is 0 Å². The molecule has 0 aliphatic heterocycles. The lowest BCUT2D eigenvalue weighted by Crippen LogP contribution is -2.46. The first-order valence-corrected chi connectivity index (χ1v) is 14.2. The molecule has 0 heterocycles. The molecule has 6 aliphatic rings. The van der Waals surface area contributed by atoms with Crippen molar-refractivity contribution in [2.75, 3.05) is 6.61 Å². The van der Waals surface area contributed by atoms with Gasteiger partial charge in [0.25, 0.3) is 0 Å². The maximum Gasteiger partial charge on any atom is 0.164 e. The summed E-state index contributed by atoms with van der Waals surface area (Å²) in [5.41, 5.74) is -0.0634. The van der Waals surface area contributed by atoms with Crippen LogP contribution in [0.2, 0.25) is 0 Å². The Kier molecular flexibility index (Phi) is 6.59. The smallest absolute Gasteiger partial charge is 0.164 e. The topological polar surface area (TPSA) is 26.3 Å². The molecule has 0 radical (unpaired) electrons. The summed E-state index contributed by atoms with van der Waals surface area (Å²) in [7, 11) is 0. The van der Waals surface area contributed by atoms with Gasteiger partial charge >= 0.3 is 0 Å². The van der Waals surface area contributed by atoms with Gasteiger partial charge in [-0.15, -0.1) is 0 Å². The molecule has 6 rings (SSSR count). The van der Waals surface area contributed by atoms with Gasteiger partial charge in [0, 0.05) is 5.41 Å². The Morgan fingerprint density at radius 3 is 2.23 bits per heavy atom. The van der Waals surface area contributed by atoms with Crippen molar-refractivity contribution >= 4 is 5.78 Å². The molecule has 0 aromatic rings. The molecule has 6 aliphatic carbocycles. The minimum Gasteiger partial charge on any atom is -0.367 e. The summed E-state index contributed by atoms with van der Waals surface area (Å²) in [4.78, 5) is 13.9. The zero-order chi connectivity index (χ0) is 21.5. The molecule has 6 atom stereocenters. The Labute approximate surface area is 191 Å². The van der Waals surface area contributed by atoms with Crippen molar-refractivity contribution in [3.8, 4) is 0 Å². The maximum absolute atomic E-state index is 13.9. The fourth-order valence-electron chi connectivity index (χ4n) is 9.35. The zero-order valence-electron chi connectivity index (χ0n) is 20.5. The molecule has 6 bridgehead atoms. The second-order valence-corrected chi connectivity index (χ2v) is 13.0. The molecule has 31 heavy (non-hydrogen) atoms. The Bertz CT molecular complexity index is 627. The molecule has 0 N–H and O–H groups in total. The van der Waals surface area contributed by atoms with Gasteiger partial charge in [0.05, 0.1) is 5.60 Å². The number of Topliss-reactive ketones (excluding diaryl/α,β-unsaturated/α-hetero) is 1. The van der Waals surface area contributed by atoms with E-state index in [4.69, 9.17) is 4.74 Å². The lowest BCUT2D eigenvalue weighted by atomic mass is 9.60. The largest absolute Gasteiger partial charge is 0.367 e. The average Bonchev–Trinajstić information content (AvgIpc) is 3.18. The highest BCUT2D eigenvalue weighted by atomic mass is 16.5. The number of carbonyl (C=O) groups excluding carboxylic acids is 1. The number of fused-ring (bicyclic) bond motifs is 3. The van der Waals surface area contributed by atoms with Crippen molar-refractivity contribution in [3.63, 3.8) is 0 Å². The summed E-state index contributed by atoms with van der Waals surface area (Å²) < 4.78 is 6.96. The predicted molar refractivity (Wildman–Crippen MR) is 127 cm³/mol. The van der Waals surface area contributed by atoms with Crippen molar-refractivity contribution in [3.05, 3.63) is 0 Å². The zero-order valence-corrected chi connectivity index (χ0v) is 20.5. The van der Waals surface area contributed by atoms with Gasteiger partial charge in [0.1, 0.15) is 6.61 Å². The summed E-state index contributed by atoms with van der Waals surface area (Å²) in [5.74, 6) is 5.39. The summed E-state index contributed by atoms with van der Waals surface area (Å²) in [5, 5.41) is 0. The molecule has 2 heteroatoms. The highest BCUT2D eigenvalue weighted by molar-refractivity contribution is 5.86. The van der Waals surface area contributed by atoms with Gasteiger partial charge in [-0.25, -0.2) is 0 Å². The van der Waals surface area contributed by atoms with E-state index in [1.54, 1.807) is 0 Å². The third-order valence-corrected chi connectivity index (χ3v) is 10.8. The van der Waals surface area contributed by atoms with E-state index in [0.29, 0.717) is 18.3 Å². The average molecular weight is 429 g/mol. The van der Waals surface area contributed by atoms with Crippen molar-refractivity contribution in [2.24, 2.45) is 40.9 Å². The molecule has 0 saturated heterocycles. The molecule has 6 fully saturated rings. The first-order valence-electron chi connectivity index (χ1n) is 14.2. The van der Waals surface area contributed by atoms with Crippen LogP contribution in [0.25, 0.3) is 0 Å². The number of ketones is 1. The standard InChI is InChI=1S/C29H48O2/c1-3-6-21(2)29(12-10-22-7-4-5-8-24(13-22)19-29)31-20-27(30)28-11-9-23-14-25(17-28)16-26(15-23)18-28/h21-26H,3-20H2,1-2H3/t21?,22-,23?,24-,25?,26?,28?,29+/m0/s1. The number of rotatable bonds is 7. The van der Waals surface area contributed by atoms with Crippen LogP contribution in [0.3, 0.4) is 0 Å². The fraction of sp³-hybridized carbons (Fsp3) is 0.966. The molecule has 0 aromatic carbocycles. The van der Waals surface area contributed by atoms with Crippen LogP contribution in [0.1, 0.15) is 123 Å². The third-order valence-electron chi connectivity index (χ3n) is 10.8. The van der Waals surface area contributed by atoms with Crippen LogP contribution >= 0.6 is 0 Å². The maximum atomic E-state index is 13.9. The first kappa shape index (κ1) is 22.4. The van der Waals surface area contributed by atoms with Gasteiger partial charge in [-0.3, -0.25) is 4.79 Å². The van der Waals surface area contributed by atoms with Crippen molar-refractivity contribution in [1.82, 2.24) is 0 Å². The van der Waals surface area contributed by atoms with Crippen molar-refractivity contribution in [2.45, 2.75) is 129 Å². The van der Waals surface area contributed by atoms with Crippen LogP contribution in [-0.4, -0.2) is 18.0 Å². The fourth-order valence-corrected chi connectivity index (χ4v) is 9.35. The lowest BCUT2D eigenvalue weighted by molar-refractivity contribution is -0.153. The van der Waals surface area contributed by atoms with Crippen LogP contribution in [0.15, 0.2) is 0 Å². The van der Waals surface area contributed by atoms with E-state index in [2.05, 4.69) is 13.8 Å². The minimum atomic E-state index is -0.0417. The van der Waals surface area contributed by atoms with E-state index in [1.807, 2.05) is 0 Å². The minimum absolute atomic E-state index is 0.0217. The lowest BCUT2D eigenvalue weighted by Gasteiger charge is -2.45. The molecule has 3 unspecified atom stereocenters. The number of ether oxygens (including phenoxy) is 1. The molecule has 0 amide bonds. The van der Waals surface area contributed by atoms with Crippen molar-refractivity contribution < 1.29 is 9.53 Å². The van der Waals surface area contributed by atoms with E-state index < -0.39 is 0 Å². The van der Waals surface area contributed by atoms with Crippen molar-refractivity contribution in [1.29, 1.82) is 0 Å². The Balaban J connectivity index is 1.32. The SMILES string of the molecule is CCCC(C)[C@@]1(OCC(=O)C23CCC4CC(CC(C4)C2)C3)CC[C@@H]2CCCC[C@@H](C2)C1. The summed E-state index contributed by atoms with van der Waals surface area (Å²) in [6.07, 6.45) is 22.4. The summed E-state index contributed by atoms with van der Waals surface area (Å²) >= 11 is 0. The van der Waals surface area contributed by atoms with Gasteiger partial charge in [-0.1, -0.05) is 46.0 Å². The summed E-state index contributed by atoms with van der Waals surface area (Å²) in [6, 6.07) is 0. The Hall–Kier alpha value is -0.370. The highest BCUT2D eigenvalue weighted by Gasteiger charge is 2.52. The van der Waals surface area contributed by atoms with E-state index in [1.165, 1.54) is 103 Å². The van der Waals surface area contributed by atoms with Gasteiger partial charge in [-0.2, -0.15) is 0 Å². The third kappa shape index (κ3) is 4.53. The molecule has 0 aromatic heterocycles. The summed E-state index contributed by atoms with van der Waals surface area (Å²) in [6.45, 7) is 5.16. The Morgan fingerprint density at radius 1 is 0.839 bits per heavy atom. The van der Waals surface area contributed by atoms with E-state index in [9.17, 15) is 4.79 Å². The number of hydrogen-bond acceptors (Lipinski definition) is 2. The second kappa shape index (κ2) is 9.11. The van der Waals surface area contributed by atoms with Crippen LogP contribution < -0.4 is 0 Å². The molecule has 176 valence electrons. The quantitative estimate of drug-likeness (QED) is 0.414. The van der Waals surface area contributed by atoms with E-state index in [0.717, 1.165) is 36.0 Å². The second-order valence-electron chi connectivity index (χ2n) is 13.0. The predicted octanol–water partition coefficient (Wildman–Crippen LogP) is 7.73. The van der Waals surface area contributed by atoms with Gasteiger partial charge in [-0.05, 0) is 113 Å². The van der Waals surface area contributed by atoms with Gasteiger partial charge < -0.3 is 4.74 Å². The van der Waals surface area contributed by atoms with E-state index in [-0.39, 0.29) is 11.0 Å². The van der Waals surface area contributed by atoms with Crippen LogP contribution in [0, 0.1) is 40.9 Å². The normalized spacial score (nSPS) is 45.5. The first-order chi connectivity index (χ1) is 15.0. The van der Waals surface area contributed by atoms with Crippen LogP contribution in [0.4, 0.5) is 0 Å². The highest BCUT2D eigenvalue weighted by Crippen LogP contribution is 2.57. The molecular weight excluding hydrogens is 380 g/mol. The molecule has 0 spiro atoms. The Morgan fingerprint density at radius 2 is 1.48 bits per heavy atom.